The van der Waals surface area contributed by atoms with E-state index >= 15 is 0 Å². The van der Waals surface area contributed by atoms with Gasteiger partial charge in [0.05, 0.1) is 304 Å². The molecule has 2 rings (SSSR count). The molecule has 27 nitrogen and oxygen atoms in total. The number of unbranched alkanes of at least 4 members (excludes halogenated alkanes) is 18. The SMILES string of the molecule is CCCCCCCCCCCCc1cccc(Oc2cccc(CCCCCCCCCCCC)c2C(CO)OCCOCCOCCOCCOCCOCCOCCOCCOCCOCCOCCO)c1C(CO)OCCOCCOCCOCCOCCOCCOCCOCCOCCOCCOCCO. The molecule has 0 fully saturated rings. The highest BCUT2D eigenvalue weighted by atomic mass is 16.6. The van der Waals surface area contributed by atoms with Crippen molar-refractivity contribution in [1.29, 1.82) is 0 Å². The summed E-state index contributed by atoms with van der Waals surface area (Å²) in [6.45, 7) is 22.1. The summed E-state index contributed by atoms with van der Waals surface area (Å²) in [5.74, 6) is 1.19. The molecule has 0 bridgehead atoms. The van der Waals surface area contributed by atoms with E-state index in [0.717, 1.165) is 60.8 Å². The Kier molecular flexibility index (Phi) is 81.3. The van der Waals surface area contributed by atoms with E-state index in [0.29, 0.717) is 276 Å². The van der Waals surface area contributed by atoms with Crippen LogP contribution in [0.5, 0.6) is 11.5 Å². The summed E-state index contributed by atoms with van der Waals surface area (Å²) >= 11 is 0. The number of ether oxygens (including phenoxy) is 23. The Labute approximate surface area is 668 Å². The molecule has 4 N–H and O–H groups in total. The molecule has 111 heavy (non-hydrogen) atoms. The Morgan fingerprint density at radius 1 is 0.216 bits per heavy atom. The fraction of sp³-hybridized carbons (Fsp3) is 0.857. The third kappa shape index (κ3) is 66.9. The molecule has 0 aliphatic carbocycles. The van der Waals surface area contributed by atoms with Crippen LogP contribution in [0.1, 0.15) is 177 Å². The van der Waals surface area contributed by atoms with E-state index in [1.165, 1.54) is 103 Å². The normalized spacial score (nSPS) is 12.3. The lowest BCUT2D eigenvalue weighted by Crippen LogP contribution is -2.18. The molecule has 0 heterocycles. The van der Waals surface area contributed by atoms with Crippen LogP contribution >= 0.6 is 0 Å². The monoisotopic (exact) mass is 1600 g/mol. The molecule has 2 atom stereocenters. The first kappa shape index (κ1) is 104. The fourth-order valence-electron chi connectivity index (χ4n) is 11.5. The molecule has 2 aromatic carbocycles. The minimum Gasteiger partial charge on any atom is -0.457 e. The lowest BCUT2D eigenvalue weighted by Gasteiger charge is -2.26. The van der Waals surface area contributed by atoms with Crippen molar-refractivity contribution in [2.75, 3.05) is 304 Å². The van der Waals surface area contributed by atoms with Crippen molar-refractivity contribution in [1.82, 2.24) is 0 Å². The first-order chi connectivity index (χ1) is 55.1. The van der Waals surface area contributed by atoms with Gasteiger partial charge in [-0.15, -0.1) is 0 Å². The standard InChI is InChI=1S/C84H154O27/c1-3-5-7-9-11-13-15-17-19-21-25-77-27-23-29-79(83(77)81(75-87)109-73-71-107-69-67-105-65-63-103-61-59-101-57-55-99-53-51-97-49-47-95-45-43-93-41-39-91-37-35-89-33-31-85)111-80-30-24-28-78(26-22-20-18-16-14-12-10-8-6-4-2)84(80)82(76-88)110-74-72-108-70-68-106-66-64-104-62-60-102-58-56-100-54-52-98-50-48-96-46-44-94-42-40-92-38-36-90-34-32-86/h23-24,27-30,81-82,85-88H,3-22,25-26,31-76H2,1-2H3. The molecule has 0 amide bonds. The summed E-state index contributed by atoms with van der Waals surface area (Å²) in [4.78, 5) is 0. The van der Waals surface area contributed by atoms with E-state index < -0.39 is 12.2 Å². The van der Waals surface area contributed by atoms with E-state index in [9.17, 15) is 10.2 Å². The van der Waals surface area contributed by atoms with Crippen LogP contribution in [0.3, 0.4) is 0 Å². The van der Waals surface area contributed by atoms with Crippen LogP contribution in [0, 0.1) is 0 Å². The zero-order chi connectivity index (χ0) is 79.2. The van der Waals surface area contributed by atoms with Crippen LogP contribution in [-0.2, 0) is 117 Å². The Morgan fingerprint density at radius 3 is 0.586 bits per heavy atom. The first-order valence-electron chi connectivity index (χ1n) is 42.3. The number of rotatable bonds is 94. The van der Waals surface area contributed by atoms with Crippen molar-refractivity contribution in [2.24, 2.45) is 0 Å². The van der Waals surface area contributed by atoms with Gasteiger partial charge in [0.2, 0.25) is 0 Å². The number of aryl methyl sites for hydroxylation is 2. The molecule has 0 aliphatic heterocycles. The zero-order valence-corrected chi connectivity index (χ0v) is 68.9. The fourth-order valence-corrected chi connectivity index (χ4v) is 11.5. The number of hydrogen-bond donors (Lipinski definition) is 4. The van der Waals surface area contributed by atoms with Crippen molar-refractivity contribution in [3.05, 3.63) is 58.7 Å². The number of benzene rings is 2. The maximum absolute atomic E-state index is 11.2. The minimum absolute atomic E-state index is 0.00990. The highest BCUT2D eigenvalue weighted by Gasteiger charge is 2.26. The predicted molar refractivity (Wildman–Crippen MR) is 426 cm³/mol. The molecule has 0 spiro atoms. The van der Waals surface area contributed by atoms with E-state index in [-0.39, 0.29) is 39.6 Å². The van der Waals surface area contributed by atoms with Crippen LogP contribution in [0.4, 0.5) is 0 Å². The van der Waals surface area contributed by atoms with Gasteiger partial charge in [0, 0.05) is 11.1 Å². The van der Waals surface area contributed by atoms with Gasteiger partial charge in [-0.3, -0.25) is 0 Å². The second-order valence-corrected chi connectivity index (χ2v) is 26.4. The number of aliphatic hydroxyl groups is 4. The molecule has 2 aromatic rings. The van der Waals surface area contributed by atoms with Crippen molar-refractivity contribution < 1.29 is 129 Å². The van der Waals surface area contributed by atoms with Crippen molar-refractivity contribution in [2.45, 2.75) is 167 Å². The molecular weight excluding hydrogens is 1440 g/mol. The average molecular weight is 1600 g/mol. The van der Waals surface area contributed by atoms with E-state index in [2.05, 4.69) is 26.0 Å². The molecule has 2 unspecified atom stereocenters. The minimum atomic E-state index is -0.688. The smallest absolute Gasteiger partial charge is 0.133 e. The molecule has 652 valence electrons. The van der Waals surface area contributed by atoms with Crippen molar-refractivity contribution in [3.63, 3.8) is 0 Å². The van der Waals surface area contributed by atoms with Crippen LogP contribution in [0.25, 0.3) is 0 Å². The molecule has 0 saturated carbocycles. The molecule has 0 radical (unpaired) electrons. The van der Waals surface area contributed by atoms with Gasteiger partial charge >= 0.3 is 0 Å². The number of hydrogen-bond acceptors (Lipinski definition) is 27. The zero-order valence-electron chi connectivity index (χ0n) is 68.9. The molecule has 0 aliphatic rings. The van der Waals surface area contributed by atoms with Gasteiger partial charge in [-0.25, -0.2) is 0 Å². The number of aliphatic hydroxyl groups excluding tert-OH is 4. The maximum Gasteiger partial charge on any atom is 0.133 e. The van der Waals surface area contributed by atoms with Gasteiger partial charge in [0.1, 0.15) is 23.7 Å². The maximum atomic E-state index is 11.2. The summed E-state index contributed by atoms with van der Waals surface area (Å²) < 4.78 is 131. The summed E-state index contributed by atoms with van der Waals surface area (Å²) in [5.41, 5.74) is 3.76. The third-order valence-electron chi connectivity index (χ3n) is 17.4. The first-order valence-corrected chi connectivity index (χ1v) is 42.3. The molecule has 27 heteroatoms. The topological polar surface area (TPSA) is 293 Å². The Bertz CT molecular complexity index is 2020. The Hall–Kier alpha value is -2.80. The van der Waals surface area contributed by atoms with Crippen molar-refractivity contribution in [3.8, 4) is 11.5 Å². The van der Waals surface area contributed by atoms with E-state index in [4.69, 9.17) is 119 Å². The lowest BCUT2D eigenvalue weighted by atomic mass is 9.95. The van der Waals surface area contributed by atoms with Gasteiger partial charge in [-0.2, -0.15) is 0 Å². The predicted octanol–water partition coefficient (Wildman–Crippen LogP) is 10.8. The second kappa shape index (κ2) is 86.5. The van der Waals surface area contributed by atoms with Crippen LogP contribution in [-0.4, -0.2) is 324 Å². The molecule has 0 aromatic heterocycles. The van der Waals surface area contributed by atoms with Gasteiger partial charge < -0.3 is 129 Å². The highest BCUT2D eigenvalue weighted by Crippen LogP contribution is 2.40. The largest absolute Gasteiger partial charge is 0.457 e. The van der Waals surface area contributed by atoms with Gasteiger partial charge in [0.25, 0.3) is 0 Å². The summed E-state index contributed by atoms with van der Waals surface area (Å²) in [5, 5.41) is 39.7. The molecular formula is C84H154O27. The highest BCUT2D eigenvalue weighted by molar-refractivity contribution is 5.49. The van der Waals surface area contributed by atoms with E-state index in [1.807, 2.05) is 24.3 Å². The van der Waals surface area contributed by atoms with E-state index in [1.54, 1.807) is 0 Å². The molecule has 0 saturated heterocycles. The quantitative estimate of drug-likeness (QED) is 0.0448. The Morgan fingerprint density at radius 2 is 0.396 bits per heavy atom. The van der Waals surface area contributed by atoms with Crippen LogP contribution < -0.4 is 4.74 Å². The van der Waals surface area contributed by atoms with Crippen LogP contribution in [0.2, 0.25) is 0 Å². The summed E-state index contributed by atoms with van der Waals surface area (Å²) in [6.07, 6.45) is 24.8. The van der Waals surface area contributed by atoms with Gasteiger partial charge in [0.15, 0.2) is 0 Å². The Balaban J connectivity index is 1.83. The van der Waals surface area contributed by atoms with Gasteiger partial charge in [-0.1, -0.05) is 154 Å². The van der Waals surface area contributed by atoms with Crippen molar-refractivity contribution >= 4 is 0 Å². The summed E-state index contributed by atoms with van der Waals surface area (Å²) in [6, 6.07) is 12.2. The lowest BCUT2D eigenvalue weighted by molar-refractivity contribution is -0.0384. The average Bonchev–Trinajstić information content (AvgIpc) is 0.795. The second-order valence-electron chi connectivity index (χ2n) is 26.4. The third-order valence-corrected chi connectivity index (χ3v) is 17.4. The van der Waals surface area contributed by atoms with Crippen LogP contribution in [0.15, 0.2) is 36.4 Å². The van der Waals surface area contributed by atoms with Gasteiger partial charge in [-0.05, 0) is 48.9 Å². The summed E-state index contributed by atoms with van der Waals surface area (Å²) in [7, 11) is 0.